The van der Waals surface area contributed by atoms with Crippen molar-refractivity contribution in [1.29, 1.82) is 0 Å². The van der Waals surface area contributed by atoms with Crippen molar-refractivity contribution in [3.8, 4) is 0 Å². The Morgan fingerprint density at radius 2 is 1.96 bits per heavy atom. The molecule has 1 aromatic heterocycles. The first-order chi connectivity index (χ1) is 11.3. The number of carbonyl (C=O) groups is 2. The van der Waals surface area contributed by atoms with E-state index in [2.05, 4.69) is 4.98 Å². The molecular formula is C16H12ClF2N3O2. The van der Waals surface area contributed by atoms with Crippen molar-refractivity contribution in [2.24, 2.45) is 5.73 Å². The van der Waals surface area contributed by atoms with Gasteiger partial charge in [-0.1, -0.05) is 23.7 Å². The molecule has 0 bridgehead atoms. The molecule has 0 saturated heterocycles. The van der Waals surface area contributed by atoms with Gasteiger partial charge in [0.05, 0.1) is 16.8 Å². The summed E-state index contributed by atoms with van der Waals surface area (Å²) in [5, 5.41) is -0.254. The van der Waals surface area contributed by atoms with E-state index < -0.39 is 35.4 Å². The fourth-order valence-electron chi connectivity index (χ4n) is 2.93. The number of hydrogen-bond acceptors (Lipinski definition) is 3. The van der Waals surface area contributed by atoms with Crippen LogP contribution >= 0.6 is 11.6 Å². The van der Waals surface area contributed by atoms with Crippen LogP contribution in [0.5, 0.6) is 0 Å². The lowest BCUT2D eigenvalue weighted by Gasteiger charge is -2.24. The van der Waals surface area contributed by atoms with Gasteiger partial charge in [-0.05, 0) is 24.6 Å². The van der Waals surface area contributed by atoms with Crippen LogP contribution in [0.2, 0.25) is 5.02 Å². The highest BCUT2D eigenvalue weighted by atomic mass is 35.5. The van der Waals surface area contributed by atoms with Crippen LogP contribution in [0.4, 0.5) is 14.6 Å². The standard InChI is InChI=1S/C16H12ClF2N3O2/c1-16(8-2-4-9(18)5-3-8)12-13(19)10(17)6-21-14(12)22(15(16)24)7-11(20)23/h2-6H,7H2,1H3,(H2,20,23)/t16-/m1/s1. The van der Waals surface area contributed by atoms with E-state index >= 15 is 0 Å². The quantitative estimate of drug-likeness (QED) is 0.920. The van der Waals surface area contributed by atoms with Crippen molar-refractivity contribution < 1.29 is 18.4 Å². The van der Waals surface area contributed by atoms with Crippen LogP contribution in [0.15, 0.2) is 30.5 Å². The number of fused-ring (bicyclic) bond motifs is 1. The van der Waals surface area contributed by atoms with Crippen molar-refractivity contribution in [3.05, 3.63) is 58.2 Å². The molecule has 24 heavy (non-hydrogen) atoms. The van der Waals surface area contributed by atoms with Crippen LogP contribution in [0, 0.1) is 11.6 Å². The number of amides is 2. The van der Waals surface area contributed by atoms with Crippen LogP contribution < -0.4 is 10.6 Å². The molecule has 2 aromatic rings. The molecule has 5 nitrogen and oxygen atoms in total. The van der Waals surface area contributed by atoms with Crippen molar-refractivity contribution in [2.75, 3.05) is 11.4 Å². The summed E-state index contributed by atoms with van der Waals surface area (Å²) in [6.45, 7) is 1.03. The molecule has 1 aliphatic heterocycles. The largest absolute Gasteiger partial charge is 0.368 e. The summed E-state index contributed by atoms with van der Waals surface area (Å²) in [5.74, 6) is -2.68. The van der Waals surface area contributed by atoms with Crippen molar-refractivity contribution in [3.63, 3.8) is 0 Å². The second kappa shape index (κ2) is 5.52. The molecule has 0 spiro atoms. The molecule has 2 heterocycles. The molecular weight excluding hydrogens is 340 g/mol. The number of primary amides is 1. The van der Waals surface area contributed by atoms with Crippen LogP contribution in [-0.2, 0) is 15.0 Å². The zero-order valence-electron chi connectivity index (χ0n) is 12.5. The Labute approximate surface area is 141 Å². The van der Waals surface area contributed by atoms with Gasteiger partial charge in [0.15, 0.2) is 5.82 Å². The van der Waals surface area contributed by atoms with Gasteiger partial charge in [-0.3, -0.25) is 14.5 Å². The number of benzene rings is 1. The van der Waals surface area contributed by atoms with Crippen LogP contribution in [0.25, 0.3) is 0 Å². The summed E-state index contributed by atoms with van der Waals surface area (Å²) in [6.07, 6.45) is 1.06. The minimum Gasteiger partial charge on any atom is -0.368 e. The summed E-state index contributed by atoms with van der Waals surface area (Å²) in [7, 11) is 0. The second-order valence-corrected chi connectivity index (χ2v) is 6.02. The van der Waals surface area contributed by atoms with Gasteiger partial charge in [0, 0.05) is 0 Å². The number of anilines is 1. The number of nitrogens with zero attached hydrogens (tertiary/aromatic N) is 2. The molecule has 0 aliphatic carbocycles. The molecule has 1 aromatic carbocycles. The highest BCUT2D eigenvalue weighted by molar-refractivity contribution is 6.31. The number of carbonyl (C=O) groups excluding carboxylic acids is 2. The minimum absolute atomic E-state index is 0.0208. The van der Waals surface area contributed by atoms with E-state index in [1.807, 2.05) is 0 Å². The van der Waals surface area contributed by atoms with Gasteiger partial charge in [-0.25, -0.2) is 13.8 Å². The molecule has 1 aliphatic rings. The number of rotatable bonds is 3. The Hall–Kier alpha value is -2.54. The Morgan fingerprint density at radius 3 is 2.54 bits per heavy atom. The number of halogens is 3. The Morgan fingerprint density at radius 1 is 1.33 bits per heavy atom. The molecule has 124 valence electrons. The number of pyridine rings is 1. The lowest BCUT2D eigenvalue weighted by atomic mass is 9.77. The average molecular weight is 352 g/mol. The first kappa shape index (κ1) is 16.3. The smallest absolute Gasteiger partial charge is 0.243 e. The molecule has 0 fully saturated rings. The molecule has 0 saturated carbocycles. The van der Waals surface area contributed by atoms with E-state index in [0.717, 1.165) is 11.1 Å². The average Bonchev–Trinajstić information content (AvgIpc) is 2.74. The molecule has 0 radical (unpaired) electrons. The third-order valence-electron chi connectivity index (χ3n) is 4.12. The molecule has 2 N–H and O–H groups in total. The maximum absolute atomic E-state index is 14.7. The van der Waals surface area contributed by atoms with E-state index in [1.165, 1.54) is 31.2 Å². The third kappa shape index (κ3) is 2.24. The van der Waals surface area contributed by atoms with Crippen LogP contribution in [-0.4, -0.2) is 23.3 Å². The molecule has 1 atom stereocenters. The van der Waals surface area contributed by atoms with Crippen molar-refractivity contribution in [2.45, 2.75) is 12.3 Å². The summed E-state index contributed by atoms with van der Waals surface area (Å²) in [6, 6.07) is 5.09. The van der Waals surface area contributed by atoms with Crippen molar-refractivity contribution in [1.82, 2.24) is 4.98 Å². The van der Waals surface area contributed by atoms with E-state index in [0.29, 0.717) is 5.56 Å². The number of aromatic nitrogens is 1. The number of hydrogen-bond donors (Lipinski definition) is 1. The maximum atomic E-state index is 14.7. The lowest BCUT2D eigenvalue weighted by molar-refractivity contribution is -0.124. The number of nitrogens with two attached hydrogens (primary N) is 1. The van der Waals surface area contributed by atoms with Gasteiger partial charge in [-0.2, -0.15) is 0 Å². The molecule has 3 rings (SSSR count). The van der Waals surface area contributed by atoms with Gasteiger partial charge >= 0.3 is 0 Å². The predicted octanol–water partition coefficient (Wildman–Crippen LogP) is 2.15. The first-order valence-electron chi connectivity index (χ1n) is 6.97. The second-order valence-electron chi connectivity index (χ2n) is 5.61. The van der Waals surface area contributed by atoms with Gasteiger partial charge in [-0.15, -0.1) is 0 Å². The maximum Gasteiger partial charge on any atom is 0.243 e. The summed E-state index contributed by atoms with van der Waals surface area (Å²) < 4.78 is 27.9. The van der Waals surface area contributed by atoms with Gasteiger partial charge in [0.25, 0.3) is 0 Å². The topological polar surface area (TPSA) is 76.3 Å². The van der Waals surface area contributed by atoms with Gasteiger partial charge in [0.2, 0.25) is 11.8 Å². The third-order valence-corrected chi connectivity index (χ3v) is 4.38. The Kier molecular flexibility index (Phi) is 3.76. The SMILES string of the molecule is C[C@]1(c2ccc(F)cc2)C(=O)N(CC(N)=O)c2ncc(Cl)c(F)c21. The van der Waals surface area contributed by atoms with Gasteiger partial charge < -0.3 is 5.73 Å². The highest BCUT2D eigenvalue weighted by Gasteiger charge is 2.52. The van der Waals surface area contributed by atoms with Gasteiger partial charge in [0.1, 0.15) is 23.6 Å². The zero-order chi connectivity index (χ0) is 17.6. The molecule has 0 unspecified atom stereocenters. The van der Waals surface area contributed by atoms with E-state index in [4.69, 9.17) is 17.3 Å². The molecule has 2 amide bonds. The highest BCUT2D eigenvalue weighted by Crippen LogP contribution is 2.47. The Balaban J connectivity index is 2.28. The van der Waals surface area contributed by atoms with E-state index in [9.17, 15) is 18.4 Å². The van der Waals surface area contributed by atoms with E-state index in [-0.39, 0.29) is 16.4 Å². The predicted molar refractivity (Wildman–Crippen MR) is 83.6 cm³/mol. The van der Waals surface area contributed by atoms with Crippen LogP contribution in [0.1, 0.15) is 18.1 Å². The summed E-state index contributed by atoms with van der Waals surface area (Å²) in [5.41, 5.74) is 3.97. The fraction of sp³-hybridized carbons (Fsp3) is 0.188. The fourth-order valence-corrected chi connectivity index (χ4v) is 3.07. The van der Waals surface area contributed by atoms with Crippen LogP contribution in [0.3, 0.4) is 0 Å². The van der Waals surface area contributed by atoms with Crippen molar-refractivity contribution >= 4 is 29.2 Å². The monoisotopic (exact) mass is 351 g/mol. The molecule has 8 heteroatoms. The Bertz CT molecular complexity index is 857. The summed E-state index contributed by atoms with van der Waals surface area (Å²) in [4.78, 5) is 29.2. The minimum atomic E-state index is -1.50. The first-order valence-corrected chi connectivity index (χ1v) is 7.35. The van der Waals surface area contributed by atoms with E-state index in [1.54, 1.807) is 0 Å². The lowest BCUT2D eigenvalue weighted by Crippen LogP contribution is -2.43. The summed E-state index contributed by atoms with van der Waals surface area (Å²) >= 11 is 5.81. The zero-order valence-corrected chi connectivity index (χ0v) is 13.3. The normalized spacial score (nSPS) is 19.5.